The van der Waals surface area contributed by atoms with Gasteiger partial charge in [0, 0.05) is 36.6 Å². The second-order valence-electron chi connectivity index (χ2n) is 9.51. The van der Waals surface area contributed by atoms with E-state index >= 15 is 0 Å². The molecule has 1 saturated carbocycles. The molecule has 0 amide bonds. The number of tetrazole rings is 1. The zero-order chi connectivity index (χ0) is 23.5. The van der Waals surface area contributed by atoms with Crippen LogP contribution in [0.15, 0.2) is 60.0 Å². The van der Waals surface area contributed by atoms with Crippen LogP contribution in [0.25, 0.3) is 11.3 Å². The van der Waals surface area contributed by atoms with Crippen LogP contribution in [0.5, 0.6) is 0 Å². The second-order valence-corrected chi connectivity index (χ2v) is 10.1. The molecular weight excluding hydrogens is 456 g/mol. The van der Waals surface area contributed by atoms with Crippen LogP contribution in [0.3, 0.4) is 0 Å². The van der Waals surface area contributed by atoms with Crippen molar-refractivity contribution in [1.82, 2.24) is 39.6 Å². The Kier molecular flexibility index (Phi) is 6.62. The van der Waals surface area contributed by atoms with E-state index in [9.17, 15) is 0 Å². The van der Waals surface area contributed by atoms with Crippen molar-refractivity contribution >= 4 is 11.5 Å². The molecule has 2 aromatic carbocycles. The highest BCUT2D eigenvalue weighted by atomic mass is 32.1. The van der Waals surface area contributed by atoms with E-state index < -0.39 is 0 Å². The monoisotopic (exact) mass is 486 g/mol. The van der Waals surface area contributed by atoms with Gasteiger partial charge >= 0.3 is 0 Å². The average Bonchev–Trinajstić information content (AvgIpc) is 3.50. The third kappa shape index (κ3) is 4.89. The van der Waals surface area contributed by atoms with Crippen molar-refractivity contribution in [3.05, 3.63) is 76.9 Å². The van der Waals surface area contributed by atoms with E-state index in [-0.39, 0.29) is 6.04 Å². The summed E-state index contributed by atoms with van der Waals surface area (Å²) in [6.45, 7) is 4.98. The van der Waals surface area contributed by atoms with Crippen LogP contribution in [0, 0.1) is 0 Å². The van der Waals surface area contributed by atoms with Crippen molar-refractivity contribution in [1.29, 1.82) is 0 Å². The van der Waals surface area contributed by atoms with Gasteiger partial charge in [0.15, 0.2) is 5.82 Å². The molecule has 3 heterocycles. The normalized spacial score (nSPS) is 18.7. The molecule has 2 fully saturated rings. The van der Waals surface area contributed by atoms with Gasteiger partial charge in [0.25, 0.3) is 0 Å². The smallest absolute Gasteiger partial charge is 0.173 e. The zero-order valence-corrected chi connectivity index (χ0v) is 20.6. The van der Waals surface area contributed by atoms with E-state index in [1.165, 1.54) is 48.5 Å². The first-order valence-electron chi connectivity index (χ1n) is 12.5. The molecule has 8 nitrogen and oxygen atoms in total. The largest absolute Gasteiger partial charge is 0.299 e. The van der Waals surface area contributed by atoms with Crippen LogP contribution in [0.4, 0.5) is 0 Å². The van der Waals surface area contributed by atoms with Crippen molar-refractivity contribution < 1.29 is 0 Å². The van der Waals surface area contributed by atoms with Crippen molar-refractivity contribution in [2.24, 2.45) is 0 Å². The van der Waals surface area contributed by atoms with Gasteiger partial charge in [-0.25, -0.2) is 4.68 Å². The van der Waals surface area contributed by atoms with Gasteiger partial charge in [-0.1, -0.05) is 65.5 Å². The van der Waals surface area contributed by atoms with Gasteiger partial charge in [0.1, 0.15) is 5.69 Å². The minimum Gasteiger partial charge on any atom is -0.299 e. The Bertz CT molecular complexity index is 1200. The number of nitrogens with zero attached hydrogens (tertiary/aromatic N) is 8. The highest BCUT2D eigenvalue weighted by Crippen LogP contribution is 2.32. The number of benzene rings is 2. The van der Waals surface area contributed by atoms with E-state index in [4.69, 9.17) is 0 Å². The molecule has 1 aliphatic heterocycles. The summed E-state index contributed by atoms with van der Waals surface area (Å²) < 4.78 is 5.98. The lowest BCUT2D eigenvalue weighted by Crippen LogP contribution is -2.42. The van der Waals surface area contributed by atoms with Crippen LogP contribution in [0.2, 0.25) is 0 Å². The topological polar surface area (TPSA) is 75.9 Å². The third-order valence-electron chi connectivity index (χ3n) is 7.38. The van der Waals surface area contributed by atoms with Crippen LogP contribution >= 0.6 is 11.5 Å². The maximum atomic E-state index is 4.57. The summed E-state index contributed by atoms with van der Waals surface area (Å²) >= 11 is 1.38. The molecule has 0 bridgehead atoms. The average molecular weight is 487 g/mol. The standard InChI is InChI=1S/C26H30N8S/c1-2-6-20(7-3-1)18-34-26(28-29-30-34)25(22-12-10-21(11-13-22)24-19-35-31-27-24)33-15-5-14-32(16-17-33)23-8-4-9-23/h1-3,6-7,10-13,19,23,25H,4-5,8-9,14-18H2. The van der Waals surface area contributed by atoms with Crippen molar-refractivity contribution in [3.63, 3.8) is 0 Å². The first-order chi connectivity index (χ1) is 17.3. The molecule has 6 rings (SSSR count). The van der Waals surface area contributed by atoms with E-state index in [2.05, 4.69) is 83.4 Å². The molecule has 0 spiro atoms. The summed E-state index contributed by atoms with van der Waals surface area (Å²) in [6, 6.07) is 19.9. The first-order valence-corrected chi connectivity index (χ1v) is 13.3. The van der Waals surface area contributed by atoms with E-state index in [1.54, 1.807) is 0 Å². The molecule has 1 saturated heterocycles. The maximum absolute atomic E-state index is 4.57. The lowest BCUT2D eigenvalue weighted by Gasteiger charge is -2.37. The fraction of sp³-hybridized carbons (Fsp3) is 0.423. The van der Waals surface area contributed by atoms with Crippen LogP contribution in [-0.4, -0.2) is 71.8 Å². The molecule has 0 radical (unpaired) electrons. The highest BCUT2D eigenvalue weighted by Gasteiger charge is 2.32. The van der Waals surface area contributed by atoms with Gasteiger partial charge in [0.05, 0.1) is 12.6 Å². The molecular formula is C26H30N8S. The maximum Gasteiger partial charge on any atom is 0.173 e. The Morgan fingerprint density at radius 2 is 1.74 bits per heavy atom. The van der Waals surface area contributed by atoms with E-state index in [0.717, 1.165) is 49.2 Å². The quantitative estimate of drug-likeness (QED) is 0.392. The molecule has 4 aromatic rings. The summed E-state index contributed by atoms with van der Waals surface area (Å²) in [5, 5.41) is 19.3. The van der Waals surface area contributed by atoms with E-state index in [0.29, 0.717) is 6.54 Å². The molecule has 2 aliphatic rings. The Morgan fingerprint density at radius 1 is 0.886 bits per heavy atom. The summed E-state index contributed by atoms with van der Waals surface area (Å²) in [7, 11) is 0. The summed E-state index contributed by atoms with van der Waals surface area (Å²) in [6.07, 6.45) is 5.25. The summed E-state index contributed by atoms with van der Waals surface area (Å²) in [4.78, 5) is 5.27. The number of hydrogen-bond donors (Lipinski definition) is 0. The van der Waals surface area contributed by atoms with Gasteiger partial charge in [-0.15, -0.1) is 10.2 Å². The fourth-order valence-electron chi connectivity index (χ4n) is 5.26. The minimum atomic E-state index is -0.00217. The molecule has 1 atom stereocenters. The predicted molar refractivity (Wildman–Crippen MR) is 136 cm³/mol. The van der Waals surface area contributed by atoms with Gasteiger partial charge < -0.3 is 0 Å². The lowest BCUT2D eigenvalue weighted by atomic mass is 9.91. The minimum absolute atomic E-state index is 0.00217. The molecule has 2 aromatic heterocycles. The van der Waals surface area contributed by atoms with Crippen LogP contribution in [0.1, 0.15) is 48.7 Å². The Balaban J connectivity index is 1.32. The number of aromatic nitrogens is 6. The third-order valence-corrected chi connectivity index (χ3v) is 7.89. The Morgan fingerprint density at radius 3 is 2.49 bits per heavy atom. The predicted octanol–water partition coefficient (Wildman–Crippen LogP) is 3.89. The first kappa shape index (κ1) is 22.5. The highest BCUT2D eigenvalue weighted by molar-refractivity contribution is 7.03. The van der Waals surface area contributed by atoms with Gasteiger partial charge in [-0.2, -0.15) is 0 Å². The summed E-state index contributed by atoms with van der Waals surface area (Å²) in [5.74, 6) is 0.897. The van der Waals surface area contributed by atoms with Crippen LogP contribution in [-0.2, 0) is 6.54 Å². The molecule has 35 heavy (non-hydrogen) atoms. The number of rotatable bonds is 7. The van der Waals surface area contributed by atoms with Gasteiger partial charge in [-0.05, 0) is 58.9 Å². The SMILES string of the molecule is c1ccc(Cn2nnnc2C(c2ccc(-c3csnn3)cc2)N2CCCN(C3CCC3)CC2)cc1. The molecule has 9 heteroatoms. The van der Waals surface area contributed by atoms with E-state index in [1.807, 2.05) is 16.1 Å². The van der Waals surface area contributed by atoms with Gasteiger partial charge in [0.2, 0.25) is 0 Å². The second kappa shape index (κ2) is 10.3. The lowest BCUT2D eigenvalue weighted by molar-refractivity contribution is 0.127. The van der Waals surface area contributed by atoms with Crippen molar-refractivity contribution in [2.75, 3.05) is 26.2 Å². The van der Waals surface area contributed by atoms with Gasteiger partial charge in [-0.3, -0.25) is 9.80 Å². The molecule has 180 valence electrons. The molecule has 1 aliphatic carbocycles. The Labute approximate surface area is 209 Å². The Hall–Kier alpha value is -3.01. The zero-order valence-electron chi connectivity index (χ0n) is 19.8. The van der Waals surface area contributed by atoms with Crippen molar-refractivity contribution in [3.8, 4) is 11.3 Å². The molecule has 0 N–H and O–H groups in total. The fourth-order valence-corrected chi connectivity index (χ4v) is 5.72. The summed E-state index contributed by atoms with van der Waals surface area (Å²) in [5.41, 5.74) is 4.39. The van der Waals surface area contributed by atoms with Crippen LogP contribution < -0.4 is 0 Å². The molecule has 1 unspecified atom stereocenters. The van der Waals surface area contributed by atoms with Crippen molar-refractivity contribution in [2.45, 2.75) is 44.3 Å². The number of hydrogen-bond acceptors (Lipinski definition) is 8.